The second-order valence-electron chi connectivity index (χ2n) is 5.47. The average Bonchev–Trinajstić information content (AvgIpc) is 3.03. The van der Waals surface area contributed by atoms with Gasteiger partial charge in [-0.2, -0.15) is 4.68 Å². The second kappa shape index (κ2) is 6.41. The van der Waals surface area contributed by atoms with Gasteiger partial charge in [-0.25, -0.2) is 0 Å². The minimum atomic E-state index is -0.160. The number of amides is 1. The molecule has 2 heterocycles. The Morgan fingerprint density at radius 1 is 1.50 bits per heavy atom. The first-order valence-electron chi connectivity index (χ1n) is 7.19. The minimum absolute atomic E-state index is 0.148. The summed E-state index contributed by atoms with van der Waals surface area (Å²) in [6.45, 7) is 3.93. The molecule has 2 aromatic rings. The summed E-state index contributed by atoms with van der Waals surface area (Å²) in [6.07, 6.45) is 2.36. The van der Waals surface area contributed by atoms with Gasteiger partial charge in [0.15, 0.2) is 0 Å². The molecule has 0 bridgehead atoms. The molecule has 1 aliphatic rings. The van der Waals surface area contributed by atoms with E-state index in [4.69, 9.17) is 11.6 Å². The van der Waals surface area contributed by atoms with Crippen LogP contribution in [0.1, 0.15) is 23.7 Å². The van der Waals surface area contributed by atoms with Gasteiger partial charge in [-0.1, -0.05) is 18.5 Å². The lowest BCUT2D eigenvalue weighted by Crippen LogP contribution is -2.48. The van der Waals surface area contributed by atoms with E-state index in [1.165, 1.54) is 11.0 Å². The lowest BCUT2D eigenvalue weighted by Gasteiger charge is -2.30. The maximum absolute atomic E-state index is 12.7. The van der Waals surface area contributed by atoms with E-state index < -0.39 is 0 Å². The summed E-state index contributed by atoms with van der Waals surface area (Å²) >= 11 is 6.04. The third kappa shape index (κ3) is 3.10. The fourth-order valence-electron chi connectivity index (χ4n) is 2.64. The minimum Gasteiger partial charge on any atom is -0.349 e. The molecule has 1 fully saturated rings. The Kier molecular flexibility index (Phi) is 4.35. The molecule has 0 radical (unpaired) electrons. The van der Waals surface area contributed by atoms with Crippen molar-refractivity contribution in [3.8, 4) is 5.69 Å². The van der Waals surface area contributed by atoms with Gasteiger partial charge >= 0.3 is 0 Å². The SMILES string of the molecule is CC1CNCCC1NC(=O)c1cc(Cl)ccc1-n1cnnn1. The number of tetrazole rings is 1. The van der Waals surface area contributed by atoms with Crippen molar-refractivity contribution in [2.24, 2.45) is 5.92 Å². The highest BCUT2D eigenvalue weighted by Gasteiger charge is 2.24. The first-order valence-corrected chi connectivity index (χ1v) is 7.57. The molecule has 2 atom stereocenters. The summed E-state index contributed by atoms with van der Waals surface area (Å²) in [6, 6.07) is 5.23. The molecule has 2 N–H and O–H groups in total. The quantitative estimate of drug-likeness (QED) is 0.883. The van der Waals surface area contributed by atoms with Gasteiger partial charge in [-0.05, 0) is 54.1 Å². The van der Waals surface area contributed by atoms with Gasteiger partial charge in [0.1, 0.15) is 6.33 Å². The number of nitrogens with zero attached hydrogens (tertiary/aromatic N) is 4. The van der Waals surface area contributed by atoms with Crippen molar-refractivity contribution in [1.29, 1.82) is 0 Å². The van der Waals surface area contributed by atoms with Crippen molar-refractivity contribution in [3.63, 3.8) is 0 Å². The van der Waals surface area contributed by atoms with Gasteiger partial charge in [-0.3, -0.25) is 4.79 Å². The third-order valence-electron chi connectivity index (χ3n) is 3.90. The zero-order valence-electron chi connectivity index (χ0n) is 12.2. The molecule has 7 nitrogen and oxygen atoms in total. The molecular formula is C14H17ClN6O. The Morgan fingerprint density at radius 3 is 3.09 bits per heavy atom. The number of aromatic nitrogens is 4. The predicted octanol–water partition coefficient (Wildman–Crippen LogP) is 1.04. The Morgan fingerprint density at radius 2 is 2.36 bits per heavy atom. The molecule has 3 rings (SSSR count). The van der Waals surface area contributed by atoms with E-state index in [0.717, 1.165) is 19.5 Å². The normalized spacial score (nSPS) is 21.5. The third-order valence-corrected chi connectivity index (χ3v) is 4.14. The number of hydrogen-bond donors (Lipinski definition) is 2. The number of piperidine rings is 1. The van der Waals surface area contributed by atoms with Crippen LogP contribution in [0.25, 0.3) is 5.69 Å². The monoisotopic (exact) mass is 320 g/mol. The van der Waals surface area contributed by atoms with Gasteiger partial charge in [0.2, 0.25) is 0 Å². The van der Waals surface area contributed by atoms with Crippen LogP contribution in [-0.4, -0.2) is 45.2 Å². The van der Waals surface area contributed by atoms with Crippen LogP contribution in [0.5, 0.6) is 0 Å². The maximum atomic E-state index is 12.7. The first-order chi connectivity index (χ1) is 10.6. The summed E-state index contributed by atoms with van der Waals surface area (Å²) < 4.78 is 1.46. The fourth-order valence-corrected chi connectivity index (χ4v) is 2.81. The number of nitrogens with one attached hydrogen (secondary N) is 2. The molecule has 1 saturated heterocycles. The lowest BCUT2D eigenvalue weighted by molar-refractivity contribution is 0.0914. The number of carbonyl (C=O) groups is 1. The average molecular weight is 321 g/mol. The molecule has 0 spiro atoms. The molecule has 22 heavy (non-hydrogen) atoms. The van der Waals surface area contributed by atoms with Crippen LogP contribution in [0.3, 0.4) is 0 Å². The molecule has 1 aromatic heterocycles. The van der Waals surface area contributed by atoms with Crippen molar-refractivity contribution in [2.45, 2.75) is 19.4 Å². The van der Waals surface area contributed by atoms with Gasteiger partial charge in [0.05, 0.1) is 11.3 Å². The first kappa shape index (κ1) is 14.9. The van der Waals surface area contributed by atoms with Gasteiger partial charge < -0.3 is 10.6 Å². The summed E-state index contributed by atoms with van der Waals surface area (Å²) in [5.74, 6) is 0.222. The van der Waals surface area contributed by atoms with Crippen molar-refractivity contribution in [3.05, 3.63) is 35.1 Å². The topological polar surface area (TPSA) is 84.7 Å². The van der Waals surface area contributed by atoms with E-state index in [-0.39, 0.29) is 11.9 Å². The molecule has 8 heteroatoms. The molecule has 1 aliphatic heterocycles. The van der Waals surface area contributed by atoms with E-state index >= 15 is 0 Å². The Hall–Kier alpha value is -1.99. The molecular weight excluding hydrogens is 304 g/mol. The highest BCUT2D eigenvalue weighted by atomic mass is 35.5. The van der Waals surface area contributed by atoms with E-state index in [0.29, 0.717) is 22.2 Å². The zero-order chi connectivity index (χ0) is 15.5. The zero-order valence-corrected chi connectivity index (χ0v) is 12.9. The predicted molar refractivity (Wildman–Crippen MR) is 82.1 cm³/mol. The maximum Gasteiger partial charge on any atom is 0.253 e. The van der Waals surface area contributed by atoms with Crippen LogP contribution in [0.15, 0.2) is 24.5 Å². The largest absolute Gasteiger partial charge is 0.349 e. The van der Waals surface area contributed by atoms with E-state index in [1.807, 2.05) is 0 Å². The van der Waals surface area contributed by atoms with Gasteiger partial charge in [0, 0.05) is 11.1 Å². The van der Waals surface area contributed by atoms with Gasteiger partial charge in [-0.15, -0.1) is 5.10 Å². The van der Waals surface area contributed by atoms with Crippen LogP contribution in [0.2, 0.25) is 5.02 Å². The highest BCUT2D eigenvalue weighted by Crippen LogP contribution is 2.20. The Bertz CT molecular complexity index is 659. The second-order valence-corrected chi connectivity index (χ2v) is 5.90. The van der Waals surface area contributed by atoms with Crippen molar-refractivity contribution < 1.29 is 4.79 Å². The standard InChI is InChI=1S/C14H17ClN6O/c1-9-7-16-5-4-12(9)18-14(22)11-6-10(15)2-3-13(11)21-8-17-19-20-21/h2-3,6,8-9,12,16H,4-5,7H2,1H3,(H,18,22). The smallest absolute Gasteiger partial charge is 0.253 e. The molecule has 1 aromatic carbocycles. The van der Waals surface area contributed by atoms with Crippen LogP contribution >= 0.6 is 11.6 Å². The van der Waals surface area contributed by atoms with Crippen LogP contribution in [0.4, 0.5) is 0 Å². The number of benzene rings is 1. The highest BCUT2D eigenvalue weighted by molar-refractivity contribution is 6.31. The number of carbonyl (C=O) groups excluding carboxylic acids is 1. The summed E-state index contributed by atoms with van der Waals surface area (Å²) in [4.78, 5) is 12.7. The molecule has 0 aliphatic carbocycles. The lowest BCUT2D eigenvalue weighted by atomic mass is 9.95. The van der Waals surface area contributed by atoms with Gasteiger partial charge in [0.25, 0.3) is 5.91 Å². The summed E-state index contributed by atoms with van der Waals surface area (Å²) in [7, 11) is 0. The summed E-state index contributed by atoms with van der Waals surface area (Å²) in [5, 5.41) is 18.0. The van der Waals surface area contributed by atoms with Crippen LogP contribution < -0.4 is 10.6 Å². The van der Waals surface area contributed by atoms with Crippen molar-refractivity contribution in [1.82, 2.24) is 30.8 Å². The number of rotatable bonds is 3. The van der Waals surface area contributed by atoms with Crippen LogP contribution in [0, 0.1) is 5.92 Å². The fraction of sp³-hybridized carbons (Fsp3) is 0.429. The molecule has 116 valence electrons. The summed E-state index contributed by atoms with van der Waals surface area (Å²) in [5.41, 5.74) is 1.07. The van der Waals surface area contributed by atoms with E-state index in [2.05, 4.69) is 33.1 Å². The van der Waals surface area contributed by atoms with E-state index in [1.54, 1.807) is 18.2 Å². The molecule has 0 saturated carbocycles. The Balaban J connectivity index is 1.87. The number of halogens is 1. The number of hydrogen-bond acceptors (Lipinski definition) is 5. The molecule has 2 unspecified atom stereocenters. The van der Waals surface area contributed by atoms with Crippen LogP contribution in [-0.2, 0) is 0 Å². The van der Waals surface area contributed by atoms with Crippen molar-refractivity contribution in [2.75, 3.05) is 13.1 Å². The Labute approximate surface area is 133 Å². The molecule has 1 amide bonds. The van der Waals surface area contributed by atoms with Crippen molar-refractivity contribution >= 4 is 17.5 Å². The van der Waals surface area contributed by atoms with E-state index in [9.17, 15) is 4.79 Å².